The van der Waals surface area contributed by atoms with Crippen molar-refractivity contribution in [3.05, 3.63) is 53.8 Å². The van der Waals surface area contributed by atoms with Gasteiger partial charge >= 0.3 is 0 Å². The molecule has 0 radical (unpaired) electrons. The summed E-state index contributed by atoms with van der Waals surface area (Å²) in [6.45, 7) is 2.64. The smallest absolute Gasteiger partial charge is 0.137 e. The minimum Gasteiger partial charge on any atom is -0.494 e. The second-order valence-electron chi connectivity index (χ2n) is 4.20. The summed E-state index contributed by atoms with van der Waals surface area (Å²) in [7, 11) is 0. The van der Waals surface area contributed by atoms with Gasteiger partial charge in [0.15, 0.2) is 0 Å². The van der Waals surface area contributed by atoms with Crippen LogP contribution in [0.5, 0.6) is 5.75 Å². The average molecular weight is 273 g/mol. The van der Waals surface area contributed by atoms with Crippen LogP contribution >= 0.6 is 11.6 Å². The van der Waals surface area contributed by atoms with Gasteiger partial charge in [-0.25, -0.2) is 4.98 Å². The van der Waals surface area contributed by atoms with Gasteiger partial charge in [-0.15, -0.1) is 0 Å². The molecule has 19 heavy (non-hydrogen) atoms. The van der Waals surface area contributed by atoms with Gasteiger partial charge in [0.05, 0.1) is 17.3 Å². The normalized spacial score (nSPS) is 10.8. The molecule has 0 fully saturated rings. The summed E-state index contributed by atoms with van der Waals surface area (Å²) in [5.41, 5.74) is 2.86. The van der Waals surface area contributed by atoms with Gasteiger partial charge in [-0.1, -0.05) is 11.6 Å². The molecule has 2 heterocycles. The van der Waals surface area contributed by atoms with Crippen molar-refractivity contribution in [2.45, 2.75) is 6.92 Å². The van der Waals surface area contributed by atoms with Gasteiger partial charge in [-0.2, -0.15) is 0 Å². The topological polar surface area (TPSA) is 26.5 Å². The van der Waals surface area contributed by atoms with Crippen LogP contribution in [0, 0.1) is 0 Å². The molecule has 0 aliphatic heterocycles. The fraction of sp³-hybridized carbons (Fsp3) is 0.133. The summed E-state index contributed by atoms with van der Waals surface area (Å²) < 4.78 is 7.35. The SMILES string of the molecule is CCOc1ccc(-c2cn3cc(Cl)ccc3n2)cc1. The Kier molecular flexibility index (Phi) is 3.13. The van der Waals surface area contributed by atoms with E-state index in [1.165, 1.54) is 0 Å². The number of benzene rings is 1. The maximum Gasteiger partial charge on any atom is 0.137 e. The summed E-state index contributed by atoms with van der Waals surface area (Å²) in [4.78, 5) is 4.56. The van der Waals surface area contributed by atoms with Crippen molar-refractivity contribution >= 4 is 17.2 Å². The molecule has 0 aliphatic rings. The second kappa shape index (κ2) is 4.94. The Morgan fingerprint density at radius 3 is 2.63 bits per heavy atom. The highest BCUT2D eigenvalue weighted by Crippen LogP contribution is 2.23. The molecule has 0 amide bonds. The highest BCUT2D eigenvalue weighted by Gasteiger charge is 2.04. The number of halogens is 1. The Morgan fingerprint density at radius 2 is 1.89 bits per heavy atom. The van der Waals surface area contributed by atoms with Gasteiger partial charge in [0, 0.05) is 18.0 Å². The van der Waals surface area contributed by atoms with E-state index < -0.39 is 0 Å². The number of ether oxygens (including phenoxy) is 1. The van der Waals surface area contributed by atoms with Crippen LogP contribution in [0.4, 0.5) is 0 Å². The van der Waals surface area contributed by atoms with Crippen LogP contribution in [-0.4, -0.2) is 16.0 Å². The summed E-state index contributed by atoms with van der Waals surface area (Å²) in [6, 6.07) is 11.7. The van der Waals surface area contributed by atoms with Gasteiger partial charge in [0.1, 0.15) is 11.4 Å². The molecular weight excluding hydrogens is 260 g/mol. The van der Waals surface area contributed by atoms with E-state index in [1.54, 1.807) is 0 Å². The Bertz CT molecular complexity index is 704. The lowest BCUT2D eigenvalue weighted by Crippen LogP contribution is -1.90. The molecule has 0 atom stereocenters. The molecule has 0 spiro atoms. The molecule has 0 saturated carbocycles. The van der Waals surface area contributed by atoms with Crippen molar-refractivity contribution in [2.24, 2.45) is 0 Å². The minimum absolute atomic E-state index is 0.673. The largest absolute Gasteiger partial charge is 0.494 e. The van der Waals surface area contributed by atoms with E-state index in [0.717, 1.165) is 22.7 Å². The van der Waals surface area contributed by atoms with Crippen LogP contribution in [0.3, 0.4) is 0 Å². The first-order valence-electron chi connectivity index (χ1n) is 6.14. The Labute approximate surface area is 116 Å². The molecule has 3 aromatic rings. The number of aromatic nitrogens is 2. The van der Waals surface area contributed by atoms with Crippen molar-refractivity contribution in [1.82, 2.24) is 9.38 Å². The van der Waals surface area contributed by atoms with Crippen LogP contribution in [0.1, 0.15) is 6.92 Å². The number of imidazole rings is 1. The Morgan fingerprint density at radius 1 is 1.11 bits per heavy atom. The van der Waals surface area contributed by atoms with Crippen LogP contribution < -0.4 is 4.74 Å². The van der Waals surface area contributed by atoms with Crippen molar-refractivity contribution in [3.63, 3.8) is 0 Å². The van der Waals surface area contributed by atoms with Crippen LogP contribution in [0.2, 0.25) is 5.02 Å². The predicted octanol–water partition coefficient (Wildman–Crippen LogP) is 4.05. The van der Waals surface area contributed by atoms with E-state index in [4.69, 9.17) is 16.3 Å². The molecule has 96 valence electrons. The fourth-order valence-corrected chi connectivity index (χ4v) is 2.16. The Hall–Kier alpha value is -2.00. The lowest BCUT2D eigenvalue weighted by molar-refractivity contribution is 0.340. The molecule has 0 aliphatic carbocycles. The predicted molar refractivity (Wildman–Crippen MR) is 76.8 cm³/mol. The van der Waals surface area contributed by atoms with E-state index in [0.29, 0.717) is 11.6 Å². The summed E-state index contributed by atoms with van der Waals surface area (Å²) >= 11 is 5.96. The van der Waals surface area contributed by atoms with E-state index in [2.05, 4.69) is 4.98 Å². The zero-order valence-corrected chi connectivity index (χ0v) is 11.3. The second-order valence-corrected chi connectivity index (χ2v) is 4.63. The number of hydrogen-bond acceptors (Lipinski definition) is 2. The lowest BCUT2D eigenvalue weighted by atomic mass is 10.2. The third-order valence-electron chi connectivity index (χ3n) is 2.88. The zero-order valence-electron chi connectivity index (χ0n) is 10.5. The first kappa shape index (κ1) is 12.1. The molecule has 1 aromatic carbocycles. The van der Waals surface area contributed by atoms with E-state index in [1.807, 2.05) is 60.1 Å². The molecule has 0 saturated heterocycles. The van der Waals surface area contributed by atoms with Crippen molar-refractivity contribution in [1.29, 1.82) is 0 Å². The van der Waals surface area contributed by atoms with Crippen LogP contribution in [-0.2, 0) is 0 Å². The van der Waals surface area contributed by atoms with Crippen LogP contribution in [0.15, 0.2) is 48.8 Å². The van der Waals surface area contributed by atoms with Gasteiger partial charge in [0.2, 0.25) is 0 Å². The van der Waals surface area contributed by atoms with E-state index >= 15 is 0 Å². The summed E-state index contributed by atoms with van der Waals surface area (Å²) in [6.07, 6.45) is 3.82. The standard InChI is InChI=1S/C15H13ClN2O/c1-2-19-13-6-3-11(4-7-13)14-10-18-9-12(16)5-8-15(18)17-14/h3-10H,2H2,1H3. The monoisotopic (exact) mass is 272 g/mol. The van der Waals surface area contributed by atoms with Crippen molar-refractivity contribution in [3.8, 4) is 17.0 Å². The molecular formula is C15H13ClN2O. The number of pyridine rings is 1. The molecule has 3 nitrogen and oxygen atoms in total. The fourth-order valence-electron chi connectivity index (χ4n) is 1.99. The van der Waals surface area contributed by atoms with Crippen LogP contribution in [0.25, 0.3) is 16.9 Å². The minimum atomic E-state index is 0.673. The van der Waals surface area contributed by atoms with E-state index in [9.17, 15) is 0 Å². The molecule has 0 N–H and O–H groups in total. The highest BCUT2D eigenvalue weighted by atomic mass is 35.5. The first-order valence-corrected chi connectivity index (χ1v) is 6.51. The number of fused-ring (bicyclic) bond motifs is 1. The molecule has 3 rings (SSSR count). The summed E-state index contributed by atoms with van der Waals surface area (Å²) in [5, 5.41) is 0.697. The van der Waals surface area contributed by atoms with Crippen molar-refractivity contribution in [2.75, 3.05) is 6.61 Å². The first-order chi connectivity index (χ1) is 9.26. The number of hydrogen-bond donors (Lipinski definition) is 0. The molecule has 0 bridgehead atoms. The van der Waals surface area contributed by atoms with Gasteiger partial charge in [0.25, 0.3) is 0 Å². The van der Waals surface area contributed by atoms with Gasteiger partial charge in [-0.3, -0.25) is 0 Å². The number of rotatable bonds is 3. The maximum absolute atomic E-state index is 5.96. The van der Waals surface area contributed by atoms with Crippen molar-refractivity contribution < 1.29 is 4.74 Å². The quantitative estimate of drug-likeness (QED) is 0.719. The lowest BCUT2D eigenvalue weighted by Gasteiger charge is -2.02. The third kappa shape index (κ3) is 2.42. The maximum atomic E-state index is 5.96. The summed E-state index contributed by atoms with van der Waals surface area (Å²) in [5.74, 6) is 0.873. The third-order valence-corrected chi connectivity index (χ3v) is 3.10. The highest BCUT2D eigenvalue weighted by molar-refractivity contribution is 6.30. The molecule has 4 heteroatoms. The zero-order chi connectivity index (χ0) is 13.2. The van der Waals surface area contributed by atoms with Gasteiger partial charge in [-0.05, 0) is 43.3 Å². The van der Waals surface area contributed by atoms with E-state index in [-0.39, 0.29) is 0 Å². The van der Waals surface area contributed by atoms with Gasteiger partial charge < -0.3 is 9.14 Å². The molecule has 2 aromatic heterocycles. The number of nitrogens with zero attached hydrogens (tertiary/aromatic N) is 2. The average Bonchev–Trinajstić information content (AvgIpc) is 2.83. The Balaban J connectivity index is 1.99. The molecule has 0 unspecified atom stereocenters.